The van der Waals surface area contributed by atoms with Crippen LogP contribution in [0.1, 0.15) is 16.8 Å². The molecule has 1 fully saturated rings. The lowest BCUT2D eigenvalue weighted by Gasteiger charge is -2.23. The summed E-state index contributed by atoms with van der Waals surface area (Å²) in [5.41, 5.74) is 4.35. The van der Waals surface area contributed by atoms with Crippen molar-refractivity contribution in [2.45, 2.75) is 6.42 Å². The van der Waals surface area contributed by atoms with Crippen molar-refractivity contribution >= 4 is 29.4 Å². The molecule has 0 unspecified atom stereocenters. The van der Waals surface area contributed by atoms with Gasteiger partial charge in [0.1, 0.15) is 5.75 Å². The van der Waals surface area contributed by atoms with Gasteiger partial charge in [0, 0.05) is 5.02 Å². The highest BCUT2D eigenvalue weighted by molar-refractivity contribution is 6.31. The first kappa shape index (κ1) is 16.3. The van der Waals surface area contributed by atoms with Crippen molar-refractivity contribution in [3.63, 3.8) is 0 Å². The summed E-state index contributed by atoms with van der Waals surface area (Å²) in [7, 11) is 0. The Bertz CT molecular complexity index is 748. The number of rotatable bonds is 3. The number of phenolic OH excluding ortho intramolecular Hbond substituents is 1. The smallest absolute Gasteiger partial charge is 0.307 e. The second-order valence-electron chi connectivity index (χ2n) is 5.94. The van der Waals surface area contributed by atoms with E-state index in [0.29, 0.717) is 6.42 Å². The molecular formula is C16H15ClN2O5. The second kappa shape index (κ2) is 6.16. The van der Waals surface area contributed by atoms with Crippen LogP contribution in [0.2, 0.25) is 5.02 Å². The molecular weight excluding hydrogens is 336 g/mol. The first-order chi connectivity index (χ1) is 11.4. The summed E-state index contributed by atoms with van der Waals surface area (Å²) in [4.78, 5) is 35.8. The summed E-state index contributed by atoms with van der Waals surface area (Å²) in [5.74, 6) is -4.43. The molecule has 0 saturated heterocycles. The topological polar surface area (TPSA) is 116 Å². The largest absolute Gasteiger partial charge is 0.507 e. The molecule has 2 amide bonds. The van der Waals surface area contributed by atoms with Gasteiger partial charge in [-0.05, 0) is 36.5 Å². The van der Waals surface area contributed by atoms with E-state index in [4.69, 9.17) is 11.6 Å². The third kappa shape index (κ3) is 2.82. The highest BCUT2D eigenvalue weighted by atomic mass is 35.5. The molecule has 2 bridgehead atoms. The quantitative estimate of drug-likeness (QED) is 0.485. The van der Waals surface area contributed by atoms with Crippen LogP contribution in [0.25, 0.3) is 0 Å². The van der Waals surface area contributed by atoms with Gasteiger partial charge >= 0.3 is 5.97 Å². The van der Waals surface area contributed by atoms with Gasteiger partial charge in [-0.15, -0.1) is 0 Å². The maximum atomic E-state index is 12.3. The zero-order chi connectivity index (χ0) is 17.4. The van der Waals surface area contributed by atoms with E-state index in [9.17, 15) is 24.6 Å². The van der Waals surface area contributed by atoms with Gasteiger partial charge in [0.05, 0.1) is 17.4 Å². The standard InChI is InChI=1S/C16H15ClN2O5/c17-9-3-4-11(20)10(6-9)14(21)18-19-15(22)12-7-1-2-8(5-7)13(12)16(23)24/h1-4,6-8,12-13,20H,5H2,(H,18,21)(H,19,22)(H,23,24)/t7-,8-,12+,13+/m0/s1. The third-order valence-electron chi connectivity index (χ3n) is 4.55. The monoisotopic (exact) mass is 350 g/mol. The highest BCUT2D eigenvalue weighted by Crippen LogP contribution is 2.48. The normalized spacial score (nSPS) is 27.0. The number of amides is 2. The number of aromatic hydroxyl groups is 1. The van der Waals surface area contributed by atoms with Crippen LogP contribution < -0.4 is 10.9 Å². The van der Waals surface area contributed by atoms with Crippen LogP contribution in [0.5, 0.6) is 5.75 Å². The summed E-state index contributed by atoms with van der Waals surface area (Å²) in [6, 6.07) is 3.95. The van der Waals surface area contributed by atoms with Crippen LogP contribution in [0.3, 0.4) is 0 Å². The number of fused-ring (bicyclic) bond motifs is 2. The van der Waals surface area contributed by atoms with E-state index < -0.39 is 29.6 Å². The zero-order valence-corrected chi connectivity index (χ0v) is 13.2. The Hall–Kier alpha value is -2.54. The number of aliphatic carboxylic acids is 1. The Morgan fingerprint density at radius 2 is 1.75 bits per heavy atom. The minimum atomic E-state index is -1.02. The summed E-state index contributed by atoms with van der Waals surface area (Å²) in [5, 5.41) is 19.2. The Balaban J connectivity index is 1.67. The average Bonchev–Trinajstić information content (AvgIpc) is 3.15. The molecule has 4 N–H and O–H groups in total. The maximum absolute atomic E-state index is 12.3. The number of carboxylic acid groups (broad SMARTS) is 1. The van der Waals surface area contributed by atoms with Gasteiger partial charge in [-0.3, -0.25) is 25.2 Å². The molecule has 1 aromatic rings. The molecule has 126 valence electrons. The first-order valence-electron chi connectivity index (χ1n) is 7.38. The van der Waals surface area contributed by atoms with E-state index >= 15 is 0 Å². The number of carbonyl (C=O) groups is 3. The van der Waals surface area contributed by atoms with Crippen LogP contribution in [-0.4, -0.2) is 28.0 Å². The van der Waals surface area contributed by atoms with Crippen LogP contribution in [0.15, 0.2) is 30.4 Å². The number of halogens is 1. The molecule has 8 heteroatoms. The molecule has 2 aliphatic rings. The molecule has 0 aliphatic heterocycles. The fraction of sp³-hybridized carbons (Fsp3) is 0.312. The Morgan fingerprint density at radius 3 is 2.42 bits per heavy atom. The van der Waals surface area contributed by atoms with E-state index in [2.05, 4.69) is 10.9 Å². The molecule has 0 radical (unpaired) electrons. The molecule has 7 nitrogen and oxygen atoms in total. The lowest BCUT2D eigenvalue weighted by molar-refractivity contribution is -0.148. The van der Waals surface area contributed by atoms with Crippen molar-refractivity contribution in [3.05, 3.63) is 40.9 Å². The lowest BCUT2D eigenvalue weighted by atomic mass is 9.82. The molecule has 24 heavy (non-hydrogen) atoms. The number of nitrogens with one attached hydrogen (secondary N) is 2. The van der Waals surface area contributed by atoms with Crippen molar-refractivity contribution in [1.29, 1.82) is 0 Å². The number of benzene rings is 1. The number of hydrogen-bond acceptors (Lipinski definition) is 4. The predicted octanol–water partition coefficient (Wildman–Crippen LogP) is 1.33. The number of hydrogen-bond donors (Lipinski definition) is 4. The van der Waals surface area contributed by atoms with E-state index in [1.54, 1.807) is 0 Å². The minimum Gasteiger partial charge on any atom is -0.507 e. The minimum absolute atomic E-state index is 0.0922. The summed E-state index contributed by atoms with van der Waals surface area (Å²) < 4.78 is 0. The van der Waals surface area contributed by atoms with Gasteiger partial charge in [0.15, 0.2) is 0 Å². The number of allylic oxidation sites excluding steroid dienone is 2. The molecule has 0 aromatic heterocycles. The molecule has 1 aromatic carbocycles. The van der Waals surface area contributed by atoms with Crippen LogP contribution in [0.4, 0.5) is 0 Å². The van der Waals surface area contributed by atoms with E-state index in [0.717, 1.165) is 0 Å². The molecule has 0 heterocycles. The molecule has 0 spiro atoms. The van der Waals surface area contributed by atoms with E-state index in [1.807, 2.05) is 12.2 Å². The van der Waals surface area contributed by atoms with Crippen LogP contribution in [0, 0.1) is 23.7 Å². The molecule has 4 atom stereocenters. The fourth-order valence-electron chi connectivity index (χ4n) is 3.48. The van der Waals surface area contributed by atoms with Crippen molar-refractivity contribution in [1.82, 2.24) is 10.9 Å². The maximum Gasteiger partial charge on any atom is 0.307 e. The number of carboxylic acids is 1. The van der Waals surface area contributed by atoms with E-state index in [-0.39, 0.29) is 28.2 Å². The third-order valence-corrected chi connectivity index (χ3v) is 4.78. The Labute approximate surface area is 142 Å². The highest BCUT2D eigenvalue weighted by Gasteiger charge is 2.51. The van der Waals surface area contributed by atoms with Crippen molar-refractivity contribution in [2.75, 3.05) is 0 Å². The number of phenols is 1. The Kier molecular flexibility index (Phi) is 4.19. The van der Waals surface area contributed by atoms with Gasteiger partial charge in [-0.2, -0.15) is 0 Å². The predicted molar refractivity (Wildman–Crippen MR) is 84.1 cm³/mol. The zero-order valence-electron chi connectivity index (χ0n) is 12.4. The van der Waals surface area contributed by atoms with Crippen molar-refractivity contribution < 1.29 is 24.6 Å². The number of hydrazine groups is 1. The van der Waals surface area contributed by atoms with Gasteiger partial charge < -0.3 is 10.2 Å². The van der Waals surface area contributed by atoms with E-state index in [1.165, 1.54) is 18.2 Å². The van der Waals surface area contributed by atoms with Crippen molar-refractivity contribution in [2.24, 2.45) is 23.7 Å². The van der Waals surface area contributed by atoms with Crippen molar-refractivity contribution in [3.8, 4) is 5.75 Å². The number of carbonyl (C=O) groups excluding carboxylic acids is 2. The lowest BCUT2D eigenvalue weighted by Crippen LogP contribution is -2.48. The van der Waals surface area contributed by atoms with Gasteiger partial charge in [0.25, 0.3) is 5.91 Å². The summed E-state index contributed by atoms with van der Waals surface area (Å²) in [6.07, 6.45) is 4.30. The summed E-state index contributed by atoms with van der Waals surface area (Å²) >= 11 is 5.77. The van der Waals surface area contributed by atoms with Gasteiger partial charge in [-0.25, -0.2) is 0 Å². The van der Waals surface area contributed by atoms with Gasteiger partial charge in [0.2, 0.25) is 5.91 Å². The fourth-order valence-corrected chi connectivity index (χ4v) is 3.65. The van der Waals surface area contributed by atoms with Crippen LogP contribution in [-0.2, 0) is 9.59 Å². The average molecular weight is 351 g/mol. The molecule has 1 saturated carbocycles. The van der Waals surface area contributed by atoms with Gasteiger partial charge in [-0.1, -0.05) is 23.8 Å². The molecule has 3 rings (SSSR count). The SMILES string of the molecule is O=C(NNC(=O)[C@H]1[C@H](C(=O)O)[C@H]2C=C[C@H]1C2)c1cc(Cl)ccc1O. The first-order valence-corrected chi connectivity index (χ1v) is 7.76. The molecule has 2 aliphatic carbocycles. The second-order valence-corrected chi connectivity index (χ2v) is 6.38. The Morgan fingerprint density at radius 1 is 1.08 bits per heavy atom. The summed E-state index contributed by atoms with van der Waals surface area (Å²) in [6.45, 7) is 0. The van der Waals surface area contributed by atoms with Crippen LogP contribution >= 0.6 is 11.6 Å².